The zero-order valence-corrected chi connectivity index (χ0v) is 13.6. The van der Waals surface area contributed by atoms with Gasteiger partial charge < -0.3 is 15.3 Å². The predicted octanol–water partition coefficient (Wildman–Crippen LogP) is 1.51. The molecule has 116 valence electrons. The molecule has 0 bridgehead atoms. The van der Waals surface area contributed by atoms with Crippen LogP contribution in [0, 0.1) is 0 Å². The van der Waals surface area contributed by atoms with Gasteiger partial charge in [0.15, 0.2) is 0 Å². The third-order valence-electron chi connectivity index (χ3n) is 3.38. The van der Waals surface area contributed by atoms with Crippen molar-refractivity contribution in [1.82, 2.24) is 5.32 Å². The molecule has 1 aromatic carbocycles. The molecule has 2 unspecified atom stereocenters. The molecule has 0 heterocycles. The Morgan fingerprint density at radius 3 is 2.52 bits per heavy atom. The number of carbonyl (C=O) groups excluding carboxylic acids is 2. The molecular formula is C15H22N2O3S. The number of nitrogens with zero attached hydrogens (tertiary/aromatic N) is 1. The van der Waals surface area contributed by atoms with Crippen molar-refractivity contribution in [2.24, 2.45) is 0 Å². The molecular weight excluding hydrogens is 288 g/mol. The van der Waals surface area contributed by atoms with E-state index in [1.807, 2.05) is 13.2 Å². The van der Waals surface area contributed by atoms with Crippen LogP contribution in [0.5, 0.6) is 0 Å². The van der Waals surface area contributed by atoms with Crippen molar-refractivity contribution in [3.8, 4) is 0 Å². The number of benzene rings is 1. The Balaban J connectivity index is 2.95. The van der Waals surface area contributed by atoms with E-state index in [4.69, 9.17) is 0 Å². The Labute approximate surface area is 129 Å². The minimum absolute atomic E-state index is 0.00237. The number of aliphatic hydroxyl groups is 1. The molecule has 2 atom stereocenters. The predicted molar refractivity (Wildman–Crippen MR) is 86.8 cm³/mol. The second-order valence-corrected chi connectivity index (χ2v) is 5.89. The molecule has 0 aromatic heterocycles. The first-order chi connectivity index (χ1) is 9.92. The van der Waals surface area contributed by atoms with Crippen LogP contribution in [0.4, 0.5) is 5.69 Å². The van der Waals surface area contributed by atoms with E-state index in [1.165, 1.54) is 23.6 Å². The maximum absolute atomic E-state index is 12.4. The molecule has 1 rings (SSSR count). The maximum atomic E-state index is 12.4. The van der Waals surface area contributed by atoms with Crippen LogP contribution in [0.25, 0.3) is 0 Å². The van der Waals surface area contributed by atoms with Gasteiger partial charge in [-0.3, -0.25) is 9.59 Å². The second kappa shape index (κ2) is 8.05. The number of nitrogens with one attached hydrogen (secondary N) is 1. The van der Waals surface area contributed by atoms with Gasteiger partial charge in [0.2, 0.25) is 5.91 Å². The van der Waals surface area contributed by atoms with Crippen LogP contribution in [0.3, 0.4) is 0 Å². The van der Waals surface area contributed by atoms with Crippen LogP contribution in [0.1, 0.15) is 24.2 Å². The zero-order valence-electron chi connectivity index (χ0n) is 12.8. The topological polar surface area (TPSA) is 69.6 Å². The van der Waals surface area contributed by atoms with Crippen molar-refractivity contribution in [2.75, 3.05) is 24.8 Å². The minimum Gasteiger partial charge on any atom is -0.395 e. The van der Waals surface area contributed by atoms with Gasteiger partial charge >= 0.3 is 0 Å². The molecule has 6 heteroatoms. The lowest BCUT2D eigenvalue weighted by Gasteiger charge is -2.23. The molecule has 0 fully saturated rings. The number of anilines is 1. The average molecular weight is 310 g/mol. The van der Waals surface area contributed by atoms with E-state index >= 15 is 0 Å². The van der Waals surface area contributed by atoms with Gasteiger partial charge in [-0.25, -0.2) is 0 Å². The first-order valence-electron chi connectivity index (χ1n) is 6.70. The van der Waals surface area contributed by atoms with Crippen LogP contribution in [-0.4, -0.2) is 48.1 Å². The van der Waals surface area contributed by atoms with Crippen LogP contribution >= 0.6 is 11.8 Å². The van der Waals surface area contributed by atoms with E-state index in [1.54, 1.807) is 31.3 Å². The van der Waals surface area contributed by atoms with Crippen LogP contribution in [0.15, 0.2) is 24.3 Å². The molecule has 0 saturated heterocycles. The van der Waals surface area contributed by atoms with E-state index in [9.17, 15) is 14.7 Å². The third-order valence-corrected chi connectivity index (χ3v) is 4.54. The van der Waals surface area contributed by atoms with Crippen LogP contribution in [-0.2, 0) is 4.79 Å². The number of hydrogen-bond donors (Lipinski definition) is 2. The SMILES string of the molecule is CSC(CO)C(C)NC(=O)c1ccccc1N(C)C(C)=O. The monoisotopic (exact) mass is 310 g/mol. The lowest BCUT2D eigenvalue weighted by molar-refractivity contribution is -0.116. The van der Waals surface area contributed by atoms with Gasteiger partial charge in [0.25, 0.3) is 5.91 Å². The van der Waals surface area contributed by atoms with E-state index in [2.05, 4.69) is 5.32 Å². The highest BCUT2D eigenvalue weighted by molar-refractivity contribution is 7.99. The van der Waals surface area contributed by atoms with Crippen LogP contribution in [0.2, 0.25) is 0 Å². The molecule has 2 amide bonds. The highest BCUT2D eigenvalue weighted by atomic mass is 32.2. The molecule has 21 heavy (non-hydrogen) atoms. The van der Waals surface area contributed by atoms with Crippen molar-refractivity contribution < 1.29 is 14.7 Å². The zero-order chi connectivity index (χ0) is 16.0. The summed E-state index contributed by atoms with van der Waals surface area (Å²) in [6.07, 6.45) is 1.89. The Morgan fingerprint density at radius 1 is 1.38 bits per heavy atom. The summed E-state index contributed by atoms with van der Waals surface area (Å²) in [5.41, 5.74) is 1.01. The number of para-hydroxylation sites is 1. The highest BCUT2D eigenvalue weighted by Crippen LogP contribution is 2.20. The van der Waals surface area contributed by atoms with Crippen molar-refractivity contribution in [2.45, 2.75) is 25.1 Å². The van der Waals surface area contributed by atoms with Gasteiger partial charge in [0, 0.05) is 25.3 Å². The minimum atomic E-state index is -0.251. The average Bonchev–Trinajstić information content (AvgIpc) is 2.47. The quantitative estimate of drug-likeness (QED) is 0.836. The normalized spacial score (nSPS) is 13.4. The summed E-state index contributed by atoms with van der Waals surface area (Å²) in [5.74, 6) is -0.389. The summed E-state index contributed by atoms with van der Waals surface area (Å²) in [7, 11) is 1.64. The maximum Gasteiger partial charge on any atom is 0.253 e. The molecule has 1 aromatic rings. The van der Waals surface area contributed by atoms with E-state index in [0.29, 0.717) is 11.3 Å². The Bertz CT molecular complexity index is 503. The Morgan fingerprint density at radius 2 is 2.00 bits per heavy atom. The number of thioether (sulfide) groups is 1. The van der Waals surface area contributed by atoms with Gasteiger partial charge in [-0.1, -0.05) is 12.1 Å². The molecule has 0 radical (unpaired) electrons. The fraction of sp³-hybridized carbons (Fsp3) is 0.467. The van der Waals surface area contributed by atoms with Gasteiger partial charge in [-0.2, -0.15) is 11.8 Å². The summed E-state index contributed by atoms with van der Waals surface area (Å²) in [6, 6.07) is 6.79. The van der Waals surface area contributed by atoms with Crippen molar-refractivity contribution in [3.05, 3.63) is 29.8 Å². The Kier molecular flexibility index (Phi) is 6.71. The lowest BCUT2D eigenvalue weighted by Crippen LogP contribution is -2.41. The third kappa shape index (κ3) is 4.47. The summed E-state index contributed by atoms with van der Waals surface area (Å²) < 4.78 is 0. The lowest BCUT2D eigenvalue weighted by atomic mass is 10.1. The number of rotatable bonds is 6. The standard InChI is InChI=1S/C15H22N2O3S/c1-10(14(9-18)21-4)16-15(20)12-7-5-6-8-13(12)17(3)11(2)19/h5-8,10,14,18H,9H2,1-4H3,(H,16,20). The van der Waals surface area contributed by atoms with E-state index < -0.39 is 0 Å². The molecule has 0 aliphatic carbocycles. The van der Waals surface area contributed by atoms with E-state index in [0.717, 1.165) is 0 Å². The van der Waals surface area contributed by atoms with Gasteiger partial charge in [-0.05, 0) is 25.3 Å². The van der Waals surface area contributed by atoms with Crippen LogP contribution < -0.4 is 10.2 Å². The second-order valence-electron chi connectivity index (χ2n) is 4.81. The molecule has 0 aliphatic heterocycles. The van der Waals surface area contributed by atoms with Crippen molar-refractivity contribution in [3.63, 3.8) is 0 Å². The van der Waals surface area contributed by atoms with Crippen molar-refractivity contribution >= 4 is 29.3 Å². The number of hydrogen-bond acceptors (Lipinski definition) is 4. The Hall–Kier alpha value is -1.53. The van der Waals surface area contributed by atoms with Crippen molar-refractivity contribution in [1.29, 1.82) is 0 Å². The van der Waals surface area contributed by atoms with Gasteiger partial charge in [-0.15, -0.1) is 0 Å². The number of amides is 2. The molecule has 0 aliphatic rings. The number of carbonyl (C=O) groups is 2. The molecule has 5 nitrogen and oxygen atoms in total. The summed E-state index contributed by atoms with van der Waals surface area (Å²) in [6.45, 7) is 3.30. The number of aliphatic hydroxyl groups excluding tert-OH is 1. The van der Waals surface area contributed by atoms with Gasteiger partial charge in [0.1, 0.15) is 0 Å². The summed E-state index contributed by atoms with van der Waals surface area (Å²) >= 11 is 1.50. The summed E-state index contributed by atoms with van der Waals surface area (Å²) in [4.78, 5) is 25.3. The fourth-order valence-electron chi connectivity index (χ4n) is 1.94. The summed E-state index contributed by atoms with van der Waals surface area (Å²) in [5, 5.41) is 12.1. The first-order valence-corrected chi connectivity index (χ1v) is 7.99. The first kappa shape index (κ1) is 17.5. The molecule has 0 saturated carbocycles. The largest absolute Gasteiger partial charge is 0.395 e. The van der Waals surface area contributed by atoms with E-state index in [-0.39, 0.29) is 29.7 Å². The van der Waals surface area contributed by atoms with Gasteiger partial charge in [0.05, 0.1) is 17.9 Å². The molecule has 2 N–H and O–H groups in total. The molecule has 0 spiro atoms. The smallest absolute Gasteiger partial charge is 0.253 e. The fourth-order valence-corrected chi connectivity index (χ4v) is 2.57. The highest BCUT2D eigenvalue weighted by Gasteiger charge is 2.21.